The van der Waals surface area contributed by atoms with Gasteiger partial charge in [0.1, 0.15) is 11.4 Å². The van der Waals surface area contributed by atoms with Crippen LogP contribution >= 0.6 is 0 Å². The molecule has 7 nitrogen and oxygen atoms in total. The third-order valence-corrected chi connectivity index (χ3v) is 4.65. The van der Waals surface area contributed by atoms with Crippen molar-refractivity contribution >= 4 is 11.6 Å². The van der Waals surface area contributed by atoms with E-state index in [1.807, 2.05) is 79.9 Å². The number of nitrogens with zero attached hydrogens (tertiary/aromatic N) is 4. The third kappa shape index (κ3) is 4.70. The van der Waals surface area contributed by atoms with E-state index in [4.69, 9.17) is 0 Å². The van der Waals surface area contributed by atoms with E-state index in [9.17, 15) is 4.79 Å². The van der Waals surface area contributed by atoms with Crippen LogP contribution in [0.15, 0.2) is 85.2 Å². The van der Waals surface area contributed by atoms with E-state index in [0.29, 0.717) is 12.2 Å². The molecule has 7 heteroatoms. The van der Waals surface area contributed by atoms with E-state index in [0.717, 1.165) is 22.6 Å². The minimum absolute atomic E-state index is 0.0925. The van der Waals surface area contributed by atoms with Crippen molar-refractivity contribution in [2.24, 2.45) is 0 Å². The quantitative estimate of drug-likeness (QED) is 0.495. The molecule has 4 rings (SSSR count). The molecule has 4 aromatic rings. The molecule has 150 valence electrons. The number of nitrogens with one attached hydrogen (secondary N) is 2. The van der Waals surface area contributed by atoms with E-state index >= 15 is 0 Å². The van der Waals surface area contributed by atoms with Gasteiger partial charge in [0.25, 0.3) is 5.91 Å². The van der Waals surface area contributed by atoms with Crippen molar-refractivity contribution in [3.05, 3.63) is 102 Å². The topological polar surface area (TPSA) is 84.7 Å². The standard InChI is InChI=1S/C23H22N6O/c1-17(22-16-29(28-27-22)20-10-6-3-7-11-20)26-19-12-13-24-21(14-19)23(30)25-15-18-8-4-2-5-9-18/h2-14,16-17H,15H2,1H3,(H,24,26)(H,25,30). The third-order valence-electron chi connectivity index (χ3n) is 4.65. The fourth-order valence-corrected chi connectivity index (χ4v) is 3.02. The van der Waals surface area contributed by atoms with Gasteiger partial charge in [0, 0.05) is 18.4 Å². The smallest absolute Gasteiger partial charge is 0.270 e. The van der Waals surface area contributed by atoms with Crippen LogP contribution in [0, 0.1) is 0 Å². The van der Waals surface area contributed by atoms with Crippen molar-refractivity contribution in [2.45, 2.75) is 19.5 Å². The zero-order valence-corrected chi connectivity index (χ0v) is 16.6. The van der Waals surface area contributed by atoms with E-state index in [1.165, 1.54) is 0 Å². The number of para-hydroxylation sites is 1. The molecule has 0 aliphatic heterocycles. The summed E-state index contributed by atoms with van der Waals surface area (Å²) in [6, 6.07) is 23.1. The first-order valence-corrected chi connectivity index (χ1v) is 9.71. The second-order valence-electron chi connectivity index (χ2n) is 6.89. The highest BCUT2D eigenvalue weighted by atomic mass is 16.1. The number of anilines is 1. The van der Waals surface area contributed by atoms with Crippen LogP contribution in [-0.2, 0) is 6.54 Å². The number of aromatic nitrogens is 4. The lowest BCUT2D eigenvalue weighted by Gasteiger charge is -2.13. The van der Waals surface area contributed by atoms with Gasteiger partial charge in [-0.25, -0.2) is 4.68 Å². The van der Waals surface area contributed by atoms with Gasteiger partial charge >= 0.3 is 0 Å². The van der Waals surface area contributed by atoms with Gasteiger partial charge in [-0.3, -0.25) is 9.78 Å². The Hall–Kier alpha value is -4.00. The Labute approximate surface area is 174 Å². The number of pyridine rings is 1. The summed E-state index contributed by atoms with van der Waals surface area (Å²) in [4.78, 5) is 16.7. The van der Waals surface area contributed by atoms with Crippen molar-refractivity contribution in [3.63, 3.8) is 0 Å². The Bertz CT molecular complexity index is 1110. The lowest BCUT2D eigenvalue weighted by molar-refractivity contribution is 0.0946. The molecule has 0 fully saturated rings. The van der Waals surface area contributed by atoms with Crippen LogP contribution in [0.3, 0.4) is 0 Å². The molecule has 0 saturated carbocycles. The van der Waals surface area contributed by atoms with Gasteiger partial charge in [0.15, 0.2) is 0 Å². The number of hydrogen-bond donors (Lipinski definition) is 2. The largest absolute Gasteiger partial charge is 0.377 e. The predicted molar refractivity (Wildman–Crippen MR) is 115 cm³/mol. The van der Waals surface area contributed by atoms with Gasteiger partial charge in [0.2, 0.25) is 0 Å². The number of benzene rings is 2. The molecule has 2 N–H and O–H groups in total. The summed E-state index contributed by atoms with van der Waals surface area (Å²) in [6.45, 7) is 2.45. The predicted octanol–water partition coefficient (Wildman–Crippen LogP) is 3.77. The summed E-state index contributed by atoms with van der Waals surface area (Å²) in [5.74, 6) is -0.217. The molecule has 2 aromatic heterocycles. The molecule has 1 unspecified atom stereocenters. The number of carbonyl (C=O) groups excluding carboxylic acids is 1. The molecule has 30 heavy (non-hydrogen) atoms. The van der Waals surface area contributed by atoms with Gasteiger partial charge < -0.3 is 10.6 Å². The van der Waals surface area contributed by atoms with Gasteiger partial charge in [-0.2, -0.15) is 0 Å². The summed E-state index contributed by atoms with van der Waals surface area (Å²) in [7, 11) is 0. The lowest BCUT2D eigenvalue weighted by atomic mass is 10.2. The molecular formula is C23H22N6O. The average molecular weight is 398 g/mol. The number of hydrogen-bond acceptors (Lipinski definition) is 5. The maximum absolute atomic E-state index is 12.5. The van der Waals surface area contributed by atoms with Crippen molar-refractivity contribution in [2.75, 3.05) is 5.32 Å². The molecule has 0 aliphatic rings. The first kappa shape index (κ1) is 19.3. The van der Waals surface area contributed by atoms with Gasteiger partial charge in [-0.15, -0.1) is 5.10 Å². The second kappa shape index (κ2) is 9.00. The minimum atomic E-state index is -0.217. The maximum atomic E-state index is 12.5. The van der Waals surface area contributed by atoms with Crippen LogP contribution < -0.4 is 10.6 Å². The highest BCUT2D eigenvalue weighted by Crippen LogP contribution is 2.18. The molecule has 1 atom stereocenters. The number of rotatable bonds is 7. The van der Waals surface area contributed by atoms with Crippen molar-refractivity contribution < 1.29 is 4.79 Å². The number of amides is 1. The summed E-state index contributed by atoms with van der Waals surface area (Å²) in [5.41, 5.74) is 3.93. The second-order valence-corrected chi connectivity index (χ2v) is 6.89. The van der Waals surface area contributed by atoms with E-state index < -0.39 is 0 Å². The molecule has 0 bridgehead atoms. The summed E-state index contributed by atoms with van der Waals surface area (Å²) < 4.78 is 1.74. The Morgan fingerprint density at radius 3 is 2.53 bits per heavy atom. The van der Waals surface area contributed by atoms with Crippen molar-refractivity contribution in [3.8, 4) is 5.69 Å². The fourth-order valence-electron chi connectivity index (χ4n) is 3.02. The molecule has 1 amide bonds. The lowest BCUT2D eigenvalue weighted by Crippen LogP contribution is -2.23. The summed E-state index contributed by atoms with van der Waals surface area (Å²) in [5, 5.41) is 14.7. The van der Waals surface area contributed by atoms with Crippen LogP contribution in [0.1, 0.15) is 34.7 Å². The Morgan fingerprint density at radius 2 is 1.77 bits per heavy atom. The zero-order chi connectivity index (χ0) is 20.8. The Balaban J connectivity index is 1.40. The molecular weight excluding hydrogens is 376 g/mol. The van der Waals surface area contributed by atoms with Crippen LogP contribution in [-0.4, -0.2) is 25.9 Å². The Morgan fingerprint density at radius 1 is 1.03 bits per heavy atom. The first-order chi connectivity index (χ1) is 14.7. The zero-order valence-electron chi connectivity index (χ0n) is 16.6. The SMILES string of the molecule is CC(Nc1ccnc(C(=O)NCc2ccccc2)c1)c1cn(-c2ccccc2)nn1. The van der Waals surface area contributed by atoms with Crippen molar-refractivity contribution in [1.82, 2.24) is 25.3 Å². The molecule has 0 saturated heterocycles. The van der Waals surface area contributed by atoms with E-state index in [-0.39, 0.29) is 11.9 Å². The summed E-state index contributed by atoms with van der Waals surface area (Å²) in [6.07, 6.45) is 3.51. The maximum Gasteiger partial charge on any atom is 0.270 e. The van der Waals surface area contributed by atoms with Crippen LogP contribution in [0.5, 0.6) is 0 Å². The highest BCUT2D eigenvalue weighted by molar-refractivity contribution is 5.93. The summed E-state index contributed by atoms with van der Waals surface area (Å²) >= 11 is 0. The molecule has 2 aromatic carbocycles. The number of carbonyl (C=O) groups is 1. The van der Waals surface area contributed by atoms with Crippen LogP contribution in [0.4, 0.5) is 5.69 Å². The van der Waals surface area contributed by atoms with Crippen LogP contribution in [0.2, 0.25) is 0 Å². The van der Waals surface area contributed by atoms with Gasteiger partial charge in [-0.05, 0) is 36.8 Å². The van der Waals surface area contributed by atoms with E-state index in [1.54, 1.807) is 16.9 Å². The van der Waals surface area contributed by atoms with Crippen molar-refractivity contribution in [1.29, 1.82) is 0 Å². The first-order valence-electron chi connectivity index (χ1n) is 9.71. The highest BCUT2D eigenvalue weighted by Gasteiger charge is 2.13. The molecule has 0 radical (unpaired) electrons. The fraction of sp³-hybridized carbons (Fsp3) is 0.130. The average Bonchev–Trinajstić information content (AvgIpc) is 3.30. The van der Waals surface area contributed by atoms with Crippen LogP contribution in [0.25, 0.3) is 5.69 Å². The molecule has 0 aliphatic carbocycles. The minimum Gasteiger partial charge on any atom is -0.377 e. The van der Waals surface area contributed by atoms with Gasteiger partial charge in [-0.1, -0.05) is 53.7 Å². The molecule has 2 heterocycles. The Kier molecular flexibility index (Phi) is 5.80. The normalized spacial score (nSPS) is 11.6. The molecule has 0 spiro atoms. The van der Waals surface area contributed by atoms with E-state index in [2.05, 4.69) is 25.9 Å². The monoisotopic (exact) mass is 398 g/mol. The van der Waals surface area contributed by atoms with Gasteiger partial charge in [0.05, 0.1) is 17.9 Å².